The highest BCUT2D eigenvalue weighted by Gasteiger charge is 2.52. The summed E-state index contributed by atoms with van der Waals surface area (Å²) in [5.41, 5.74) is 0.570. The molecule has 29 heavy (non-hydrogen) atoms. The molecule has 0 atom stereocenters. The number of pyridine rings is 1. The van der Waals surface area contributed by atoms with Gasteiger partial charge >= 0.3 is 6.03 Å². The van der Waals surface area contributed by atoms with Crippen molar-refractivity contribution in [3.8, 4) is 0 Å². The van der Waals surface area contributed by atoms with Crippen molar-refractivity contribution < 1.29 is 14.4 Å². The van der Waals surface area contributed by atoms with Gasteiger partial charge in [-0.05, 0) is 49.2 Å². The number of rotatable bonds is 5. The SMILES string of the molecule is O=C1NC2(CCCC2)C(=O)N1CC(=O)N(Cc1ccccn1)c1ccc(Br)cc1. The molecular formula is C21H21BrN4O3. The largest absolute Gasteiger partial charge is 0.325 e. The predicted molar refractivity (Wildman–Crippen MR) is 111 cm³/mol. The third-order valence-corrected chi connectivity index (χ3v) is 6.01. The highest BCUT2D eigenvalue weighted by atomic mass is 79.9. The number of imide groups is 1. The Bertz CT molecular complexity index is 927. The molecule has 1 aromatic carbocycles. The monoisotopic (exact) mass is 456 g/mol. The number of nitrogens with one attached hydrogen (secondary N) is 1. The molecule has 7 nitrogen and oxygen atoms in total. The summed E-state index contributed by atoms with van der Waals surface area (Å²) < 4.78 is 0.892. The maximum Gasteiger partial charge on any atom is 0.325 e. The number of urea groups is 1. The molecular weight excluding hydrogens is 436 g/mol. The molecule has 1 aromatic heterocycles. The van der Waals surface area contributed by atoms with Crippen molar-refractivity contribution >= 4 is 39.5 Å². The maximum absolute atomic E-state index is 13.2. The summed E-state index contributed by atoms with van der Waals surface area (Å²) in [6.45, 7) is -0.0502. The van der Waals surface area contributed by atoms with Gasteiger partial charge in [0.2, 0.25) is 5.91 Å². The lowest BCUT2D eigenvalue weighted by atomic mass is 9.98. The van der Waals surface area contributed by atoms with Crippen LogP contribution in [0.4, 0.5) is 10.5 Å². The molecule has 4 rings (SSSR count). The second-order valence-corrected chi connectivity index (χ2v) is 8.30. The van der Waals surface area contributed by atoms with Crippen LogP contribution in [0.25, 0.3) is 0 Å². The Morgan fingerprint density at radius 3 is 2.52 bits per heavy atom. The number of carbonyl (C=O) groups is 3. The number of hydrogen-bond donors (Lipinski definition) is 1. The number of amides is 4. The first kappa shape index (κ1) is 19.6. The molecule has 0 bridgehead atoms. The molecule has 1 aliphatic heterocycles. The Balaban J connectivity index is 1.57. The molecule has 150 valence electrons. The lowest BCUT2D eigenvalue weighted by Crippen LogP contribution is -2.46. The summed E-state index contributed by atoms with van der Waals surface area (Å²) in [6.07, 6.45) is 4.73. The van der Waals surface area contributed by atoms with Gasteiger partial charge < -0.3 is 10.2 Å². The van der Waals surface area contributed by atoms with Crippen LogP contribution < -0.4 is 10.2 Å². The van der Waals surface area contributed by atoms with E-state index >= 15 is 0 Å². The van der Waals surface area contributed by atoms with Crippen LogP contribution in [0.2, 0.25) is 0 Å². The van der Waals surface area contributed by atoms with E-state index in [1.165, 1.54) is 0 Å². The number of nitrogens with zero attached hydrogens (tertiary/aromatic N) is 3. The van der Waals surface area contributed by atoms with Crippen LogP contribution in [0.15, 0.2) is 53.1 Å². The van der Waals surface area contributed by atoms with Crippen molar-refractivity contribution in [2.45, 2.75) is 37.8 Å². The van der Waals surface area contributed by atoms with Crippen LogP contribution >= 0.6 is 15.9 Å². The molecule has 2 aliphatic rings. The Morgan fingerprint density at radius 1 is 1.14 bits per heavy atom. The summed E-state index contributed by atoms with van der Waals surface area (Å²) in [5.74, 6) is -0.626. The molecule has 1 spiro atoms. The second-order valence-electron chi connectivity index (χ2n) is 7.39. The van der Waals surface area contributed by atoms with Crippen molar-refractivity contribution in [3.05, 3.63) is 58.8 Å². The molecule has 2 aromatic rings. The standard InChI is InChI=1S/C21H21BrN4O3/c22-15-6-8-17(9-7-15)25(13-16-5-1-4-12-23-16)18(27)14-26-19(28)21(24-20(26)29)10-2-3-11-21/h1,4-9,12H,2-3,10-11,13-14H2,(H,24,29). The number of halogens is 1. The first-order valence-corrected chi connectivity index (χ1v) is 10.4. The summed E-state index contributed by atoms with van der Waals surface area (Å²) >= 11 is 3.40. The molecule has 1 saturated heterocycles. The Morgan fingerprint density at radius 2 is 1.86 bits per heavy atom. The van der Waals surface area contributed by atoms with Crippen molar-refractivity contribution in [1.82, 2.24) is 15.2 Å². The van der Waals surface area contributed by atoms with Gasteiger partial charge in [-0.3, -0.25) is 19.5 Å². The van der Waals surface area contributed by atoms with Gasteiger partial charge in [0.05, 0.1) is 12.2 Å². The van der Waals surface area contributed by atoms with E-state index in [0.29, 0.717) is 24.2 Å². The second kappa shape index (κ2) is 7.94. The van der Waals surface area contributed by atoms with E-state index in [0.717, 1.165) is 22.2 Å². The van der Waals surface area contributed by atoms with Gasteiger partial charge in [-0.1, -0.05) is 34.8 Å². The minimum absolute atomic E-state index is 0.246. The Kier molecular flexibility index (Phi) is 5.36. The van der Waals surface area contributed by atoms with Gasteiger partial charge in [0.15, 0.2) is 0 Å². The van der Waals surface area contributed by atoms with Gasteiger partial charge in [0, 0.05) is 16.4 Å². The third-order valence-electron chi connectivity index (χ3n) is 5.48. The summed E-state index contributed by atoms with van der Waals surface area (Å²) in [6, 6.07) is 12.3. The van der Waals surface area contributed by atoms with Crippen molar-refractivity contribution in [2.24, 2.45) is 0 Å². The molecule has 4 amide bonds. The van der Waals surface area contributed by atoms with E-state index in [4.69, 9.17) is 0 Å². The fourth-order valence-electron chi connectivity index (χ4n) is 3.96. The molecule has 2 heterocycles. The van der Waals surface area contributed by atoms with Crippen LogP contribution in [0.3, 0.4) is 0 Å². The van der Waals surface area contributed by atoms with Gasteiger partial charge in [0.1, 0.15) is 12.1 Å². The van der Waals surface area contributed by atoms with E-state index < -0.39 is 11.6 Å². The zero-order valence-electron chi connectivity index (χ0n) is 15.8. The first-order chi connectivity index (χ1) is 14.0. The van der Waals surface area contributed by atoms with Crippen LogP contribution in [0.1, 0.15) is 31.4 Å². The lowest BCUT2D eigenvalue weighted by molar-refractivity contribution is -0.134. The quantitative estimate of drug-likeness (QED) is 0.699. The van der Waals surface area contributed by atoms with E-state index in [1.807, 2.05) is 42.5 Å². The number of aromatic nitrogens is 1. The fourth-order valence-corrected chi connectivity index (χ4v) is 4.22. The van der Waals surface area contributed by atoms with E-state index in [1.54, 1.807) is 11.1 Å². The highest BCUT2D eigenvalue weighted by Crippen LogP contribution is 2.35. The zero-order valence-corrected chi connectivity index (χ0v) is 17.4. The van der Waals surface area contributed by atoms with Gasteiger partial charge in [-0.2, -0.15) is 0 Å². The highest BCUT2D eigenvalue weighted by molar-refractivity contribution is 9.10. The van der Waals surface area contributed by atoms with Crippen LogP contribution in [-0.2, 0) is 16.1 Å². The molecule has 8 heteroatoms. The number of carbonyl (C=O) groups excluding carboxylic acids is 3. The molecule has 1 saturated carbocycles. The summed E-state index contributed by atoms with van der Waals surface area (Å²) in [7, 11) is 0. The minimum atomic E-state index is -0.819. The smallest absolute Gasteiger partial charge is 0.323 e. The third kappa shape index (κ3) is 3.89. The molecule has 0 unspecified atom stereocenters. The predicted octanol–water partition coefficient (Wildman–Crippen LogP) is 3.24. The Labute approximate surface area is 177 Å². The van der Waals surface area contributed by atoms with Crippen molar-refractivity contribution in [3.63, 3.8) is 0 Å². The first-order valence-electron chi connectivity index (χ1n) is 9.58. The average Bonchev–Trinajstić information content (AvgIpc) is 3.28. The average molecular weight is 457 g/mol. The number of benzene rings is 1. The lowest BCUT2D eigenvalue weighted by Gasteiger charge is -2.25. The number of hydrogen-bond acceptors (Lipinski definition) is 4. The zero-order chi connectivity index (χ0) is 20.4. The fraction of sp³-hybridized carbons (Fsp3) is 0.333. The summed E-state index contributed by atoms with van der Waals surface area (Å²) in [4.78, 5) is 45.4. The van der Waals surface area contributed by atoms with Crippen LogP contribution in [-0.4, -0.2) is 39.8 Å². The molecule has 0 radical (unpaired) electrons. The van der Waals surface area contributed by atoms with E-state index in [-0.39, 0.29) is 24.9 Å². The maximum atomic E-state index is 13.2. The van der Waals surface area contributed by atoms with Gasteiger partial charge in [-0.15, -0.1) is 0 Å². The van der Waals surface area contributed by atoms with Crippen molar-refractivity contribution in [1.29, 1.82) is 0 Å². The van der Waals surface area contributed by atoms with Crippen LogP contribution in [0, 0.1) is 0 Å². The topological polar surface area (TPSA) is 82.6 Å². The molecule has 1 N–H and O–H groups in total. The Hall–Kier alpha value is -2.74. The summed E-state index contributed by atoms with van der Waals surface area (Å²) in [5, 5.41) is 2.82. The number of anilines is 1. The van der Waals surface area contributed by atoms with Crippen molar-refractivity contribution in [2.75, 3.05) is 11.4 Å². The van der Waals surface area contributed by atoms with Gasteiger partial charge in [0.25, 0.3) is 5.91 Å². The molecule has 1 aliphatic carbocycles. The van der Waals surface area contributed by atoms with Gasteiger partial charge in [-0.25, -0.2) is 4.79 Å². The minimum Gasteiger partial charge on any atom is -0.323 e. The molecule has 2 fully saturated rings. The van der Waals surface area contributed by atoms with E-state index in [2.05, 4.69) is 26.2 Å². The normalized spacial score (nSPS) is 17.6. The van der Waals surface area contributed by atoms with E-state index in [9.17, 15) is 14.4 Å². The van der Waals surface area contributed by atoms with Crippen LogP contribution in [0.5, 0.6) is 0 Å².